The molecule has 1 aromatic rings. The maximum Gasteiger partial charge on any atom is 0.251 e. The van der Waals surface area contributed by atoms with E-state index in [1.54, 1.807) is 18.2 Å². The Kier molecular flexibility index (Phi) is 5.13. The lowest BCUT2D eigenvalue weighted by molar-refractivity contribution is -0.123. The molecule has 7 heteroatoms. The van der Waals surface area contributed by atoms with E-state index in [-0.39, 0.29) is 24.8 Å². The maximum atomic E-state index is 12.8. The third-order valence-electron chi connectivity index (χ3n) is 4.71. The Labute approximate surface area is 141 Å². The quantitative estimate of drug-likeness (QED) is 0.761. The number of hydrogen-bond acceptors (Lipinski definition) is 6. The Morgan fingerprint density at radius 3 is 2.54 bits per heavy atom. The minimum Gasteiger partial charge on any atom is -0.495 e. The van der Waals surface area contributed by atoms with Gasteiger partial charge in [0.25, 0.3) is 5.91 Å². The first kappa shape index (κ1) is 16.9. The van der Waals surface area contributed by atoms with Crippen molar-refractivity contribution in [2.24, 2.45) is 0 Å². The number of anilines is 1. The molecular weight excluding hydrogens is 310 g/mol. The van der Waals surface area contributed by atoms with Crippen molar-refractivity contribution in [3.05, 3.63) is 24.3 Å². The zero-order chi connectivity index (χ0) is 17.1. The predicted molar refractivity (Wildman–Crippen MR) is 89.0 cm³/mol. The Morgan fingerprint density at radius 2 is 1.88 bits per heavy atom. The van der Waals surface area contributed by atoms with Crippen LogP contribution in [0.2, 0.25) is 0 Å². The van der Waals surface area contributed by atoms with Crippen LogP contribution in [0.3, 0.4) is 0 Å². The van der Waals surface area contributed by atoms with E-state index in [0.29, 0.717) is 18.0 Å². The molecule has 2 aliphatic heterocycles. The van der Waals surface area contributed by atoms with E-state index < -0.39 is 6.04 Å². The molecule has 130 valence electrons. The summed E-state index contributed by atoms with van der Waals surface area (Å²) in [5.74, 6) is 0.153. The molecule has 0 saturated carbocycles. The highest BCUT2D eigenvalue weighted by Gasteiger charge is 2.44. The van der Waals surface area contributed by atoms with Gasteiger partial charge in [0.2, 0.25) is 5.91 Å². The van der Waals surface area contributed by atoms with Gasteiger partial charge in [-0.25, -0.2) is 4.90 Å². The molecule has 0 unspecified atom stereocenters. The zero-order valence-electron chi connectivity index (χ0n) is 13.9. The molecule has 2 amide bonds. The normalized spacial score (nSPS) is 23.1. The van der Waals surface area contributed by atoms with Gasteiger partial charge in [0.05, 0.1) is 31.9 Å². The summed E-state index contributed by atoms with van der Waals surface area (Å²) in [5, 5.41) is 9.01. The number of methoxy groups -OCH3 is 1. The number of imide groups is 1. The van der Waals surface area contributed by atoms with Crippen LogP contribution >= 0.6 is 0 Å². The van der Waals surface area contributed by atoms with Gasteiger partial charge in [-0.3, -0.25) is 19.4 Å². The number of aliphatic hydroxyl groups excluding tert-OH is 1. The van der Waals surface area contributed by atoms with Gasteiger partial charge < -0.3 is 9.84 Å². The third-order valence-corrected chi connectivity index (χ3v) is 4.71. The Bertz CT molecular complexity index is 614. The lowest BCUT2D eigenvalue weighted by Gasteiger charge is -2.36. The van der Waals surface area contributed by atoms with Crippen molar-refractivity contribution < 1.29 is 19.4 Å². The molecule has 7 nitrogen and oxygen atoms in total. The molecule has 2 saturated heterocycles. The molecule has 3 rings (SSSR count). The van der Waals surface area contributed by atoms with Gasteiger partial charge >= 0.3 is 0 Å². The largest absolute Gasteiger partial charge is 0.495 e. The fourth-order valence-corrected chi connectivity index (χ4v) is 3.41. The molecule has 24 heavy (non-hydrogen) atoms. The van der Waals surface area contributed by atoms with Crippen LogP contribution in [0.4, 0.5) is 5.69 Å². The van der Waals surface area contributed by atoms with E-state index in [1.807, 2.05) is 6.07 Å². The van der Waals surface area contributed by atoms with Crippen molar-refractivity contribution in [2.75, 3.05) is 51.3 Å². The fourth-order valence-electron chi connectivity index (χ4n) is 3.41. The monoisotopic (exact) mass is 333 g/mol. The lowest BCUT2D eigenvalue weighted by Crippen LogP contribution is -2.53. The minimum atomic E-state index is -0.404. The summed E-state index contributed by atoms with van der Waals surface area (Å²) in [5.41, 5.74) is 0.511. The van der Waals surface area contributed by atoms with Gasteiger partial charge in [0, 0.05) is 32.7 Å². The number of β-amino-alcohol motifs (C(OH)–C–C–N with tert-alkyl or cyclic N) is 1. The van der Waals surface area contributed by atoms with Gasteiger partial charge in [0.1, 0.15) is 5.75 Å². The van der Waals surface area contributed by atoms with E-state index in [0.717, 1.165) is 26.2 Å². The molecule has 0 spiro atoms. The van der Waals surface area contributed by atoms with Crippen molar-refractivity contribution >= 4 is 17.5 Å². The number of aliphatic hydroxyl groups is 1. The zero-order valence-corrected chi connectivity index (χ0v) is 13.9. The third kappa shape index (κ3) is 3.15. The standard InChI is InChI=1S/C17H23N3O4/c1-24-15-5-3-2-4-13(15)20-16(22)12-14(17(20)23)19-8-6-18(7-9-19)10-11-21/h2-5,14,21H,6-12H2,1H3/t14-/m0/s1. The van der Waals surface area contributed by atoms with Crippen LogP contribution in [0.5, 0.6) is 5.75 Å². The highest BCUT2D eigenvalue weighted by molar-refractivity contribution is 6.23. The minimum absolute atomic E-state index is 0.141. The molecular formula is C17H23N3O4. The van der Waals surface area contributed by atoms with Crippen molar-refractivity contribution in [1.29, 1.82) is 0 Å². The highest BCUT2D eigenvalue weighted by atomic mass is 16.5. The van der Waals surface area contributed by atoms with Crippen LogP contribution in [0.1, 0.15) is 6.42 Å². The molecule has 0 radical (unpaired) electrons. The van der Waals surface area contributed by atoms with Crippen molar-refractivity contribution in [3.8, 4) is 5.75 Å². The highest BCUT2D eigenvalue weighted by Crippen LogP contribution is 2.33. The number of nitrogens with zero attached hydrogens (tertiary/aromatic N) is 3. The van der Waals surface area contributed by atoms with Gasteiger partial charge in [0.15, 0.2) is 0 Å². The summed E-state index contributed by atoms with van der Waals surface area (Å²) < 4.78 is 5.29. The number of carbonyl (C=O) groups excluding carboxylic acids is 2. The summed E-state index contributed by atoms with van der Waals surface area (Å²) in [7, 11) is 1.53. The smallest absolute Gasteiger partial charge is 0.251 e. The van der Waals surface area contributed by atoms with Crippen LogP contribution in [-0.2, 0) is 9.59 Å². The Hall–Kier alpha value is -1.96. The molecule has 0 aliphatic carbocycles. The number of rotatable bonds is 5. The van der Waals surface area contributed by atoms with Crippen LogP contribution in [0, 0.1) is 0 Å². The molecule has 2 heterocycles. The first-order chi connectivity index (χ1) is 11.7. The molecule has 1 N–H and O–H groups in total. The fraction of sp³-hybridized carbons (Fsp3) is 0.529. The van der Waals surface area contributed by atoms with Crippen LogP contribution < -0.4 is 9.64 Å². The summed E-state index contributed by atoms with van der Waals surface area (Å²) in [4.78, 5) is 30.8. The predicted octanol–water partition coefficient (Wildman–Crippen LogP) is -0.0630. The van der Waals surface area contributed by atoms with Crippen LogP contribution in [0.25, 0.3) is 0 Å². The molecule has 1 aromatic carbocycles. The summed E-state index contributed by atoms with van der Waals surface area (Å²) in [6.07, 6.45) is 0.205. The summed E-state index contributed by atoms with van der Waals surface area (Å²) >= 11 is 0. The second kappa shape index (κ2) is 7.29. The maximum absolute atomic E-state index is 12.8. The topological polar surface area (TPSA) is 73.3 Å². The van der Waals surface area contributed by atoms with Gasteiger partial charge in [-0.1, -0.05) is 12.1 Å². The lowest BCUT2D eigenvalue weighted by atomic mass is 10.1. The number of piperazine rings is 1. The number of ether oxygens (including phenoxy) is 1. The summed E-state index contributed by atoms with van der Waals surface area (Å²) in [6, 6.07) is 6.68. The second-order valence-electron chi connectivity index (χ2n) is 6.06. The second-order valence-corrected chi connectivity index (χ2v) is 6.06. The van der Waals surface area contributed by atoms with E-state index in [1.165, 1.54) is 12.0 Å². The first-order valence-corrected chi connectivity index (χ1v) is 8.22. The molecule has 1 atom stereocenters. The number of amides is 2. The first-order valence-electron chi connectivity index (χ1n) is 8.22. The van der Waals surface area contributed by atoms with Crippen molar-refractivity contribution in [3.63, 3.8) is 0 Å². The Morgan fingerprint density at radius 1 is 1.17 bits per heavy atom. The van der Waals surface area contributed by atoms with E-state index >= 15 is 0 Å². The average Bonchev–Trinajstić information content (AvgIpc) is 2.90. The number of carbonyl (C=O) groups is 2. The number of benzene rings is 1. The average molecular weight is 333 g/mol. The molecule has 0 bridgehead atoms. The van der Waals surface area contributed by atoms with E-state index in [9.17, 15) is 9.59 Å². The van der Waals surface area contributed by atoms with Gasteiger partial charge in [-0.15, -0.1) is 0 Å². The number of para-hydroxylation sites is 2. The van der Waals surface area contributed by atoms with Crippen LogP contribution in [-0.4, -0.2) is 79.2 Å². The Balaban J connectivity index is 1.73. The van der Waals surface area contributed by atoms with Crippen molar-refractivity contribution in [1.82, 2.24) is 9.80 Å². The molecule has 2 fully saturated rings. The van der Waals surface area contributed by atoms with Crippen LogP contribution in [0.15, 0.2) is 24.3 Å². The van der Waals surface area contributed by atoms with E-state index in [4.69, 9.17) is 9.84 Å². The molecule has 0 aromatic heterocycles. The SMILES string of the molecule is COc1ccccc1N1C(=O)C[C@H](N2CCN(CCO)CC2)C1=O. The molecule has 2 aliphatic rings. The summed E-state index contributed by atoms with van der Waals surface area (Å²) in [6.45, 7) is 3.84. The van der Waals surface area contributed by atoms with E-state index in [2.05, 4.69) is 9.80 Å². The van der Waals surface area contributed by atoms with Crippen molar-refractivity contribution in [2.45, 2.75) is 12.5 Å². The van der Waals surface area contributed by atoms with Gasteiger partial charge in [-0.2, -0.15) is 0 Å². The van der Waals surface area contributed by atoms with Gasteiger partial charge in [-0.05, 0) is 12.1 Å². The number of hydrogen-bond donors (Lipinski definition) is 1.